The summed E-state index contributed by atoms with van der Waals surface area (Å²) >= 11 is 0. The molecule has 0 aromatic carbocycles. The van der Waals surface area contributed by atoms with Crippen LogP contribution in [-0.4, -0.2) is 29.4 Å². The van der Waals surface area contributed by atoms with Crippen molar-refractivity contribution in [3.05, 3.63) is 47.6 Å². The first-order chi connectivity index (χ1) is 12.0. The molecule has 8 heteroatoms. The molecule has 0 spiro atoms. The van der Waals surface area contributed by atoms with Crippen LogP contribution in [0.15, 0.2) is 42.0 Å². The molecule has 1 unspecified atom stereocenters. The number of hydrogen-bond donors (Lipinski definition) is 0. The fourth-order valence-corrected chi connectivity index (χ4v) is 2.63. The lowest BCUT2D eigenvalue weighted by molar-refractivity contribution is -0.137. The van der Waals surface area contributed by atoms with Crippen molar-refractivity contribution in [1.29, 1.82) is 0 Å². The minimum absolute atomic E-state index is 0.153. The zero-order valence-electron chi connectivity index (χ0n) is 15.1. The molecule has 1 aliphatic carbocycles. The second-order valence-electron chi connectivity index (χ2n) is 7.43. The number of ether oxygens (including phenoxy) is 1. The van der Waals surface area contributed by atoms with Crippen molar-refractivity contribution in [3.8, 4) is 5.88 Å². The zero-order valence-corrected chi connectivity index (χ0v) is 15.1. The molecule has 0 amide bonds. The topological polar surface area (TPSA) is 40.6 Å². The molecule has 2 heterocycles. The molecule has 1 atom stereocenters. The second kappa shape index (κ2) is 6.42. The molecule has 26 heavy (non-hydrogen) atoms. The SMILES string of the molecule is CC1(C)OB(C2=CCC(Oc3ccc(C(F)(F)F)cn3)C=C2)OC1(C)C. The Labute approximate surface area is 151 Å². The Morgan fingerprint density at radius 1 is 1.15 bits per heavy atom. The highest BCUT2D eigenvalue weighted by Crippen LogP contribution is 2.39. The molecule has 0 N–H and O–H groups in total. The Morgan fingerprint density at radius 3 is 2.27 bits per heavy atom. The fourth-order valence-electron chi connectivity index (χ4n) is 2.63. The largest absolute Gasteiger partial charge is 0.494 e. The maximum absolute atomic E-state index is 12.6. The normalized spacial score (nSPS) is 24.5. The van der Waals surface area contributed by atoms with E-state index in [1.165, 1.54) is 6.07 Å². The van der Waals surface area contributed by atoms with Gasteiger partial charge in [0.2, 0.25) is 5.88 Å². The van der Waals surface area contributed by atoms with Gasteiger partial charge in [-0.2, -0.15) is 13.2 Å². The van der Waals surface area contributed by atoms with Gasteiger partial charge in [-0.05, 0) is 45.3 Å². The van der Waals surface area contributed by atoms with Crippen molar-refractivity contribution < 1.29 is 27.2 Å². The van der Waals surface area contributed by atoms with Crippen LogP contribution in [0.25, 0.3) is 0 Å². The second-order valence-corrected chi connectivity index (χ2v) is 7.43. The molecule has 0 radical (unpaired) electrons. The van der Waals surface area contributed by atoms with Crippen molar-refractivity contribution in [1.82, 2.24) is 4.98 Å². The van der Waals surface area contributed by atoms with Gasteiger partial charge in [-0.3, -0.25) is 0 Å². The Morgan fingerprint density at radius 2 is 1.81 bits per heavy atom. The molecular formula is C18H21BF3NO3. The maximum atomic E-state index is 12.6. The molecule has 0 bridgehead atoms. The number of allylic oxidation sites excluding steroid dienone is 2. The first-order valence-corrected chi connectivity index (χ1v) is 8.42. The van der Waals surface area contributed by atoms with E-state index in [-0.39, 0.29) is 12.0 Å². The van der Waals surface area contributed by atoms with Crippen LogP contribution in [0.5, 0.6) is 5.88 Å². The highest BCUT2D eigenvalue weighted by atomic mass is 19.4. The van der Waals surface area contributed by atoms with Gasteiger partial charge >= 0.3 is 13.3 Å². The average Bonchev–Trinajstić information content (AvgIpc) is 2.76. The lowest BCUT2D eigenvalue weighted by Gasteiger charge is -2.32. The van der Waals surface area contributed by atoms with Gasteiger partial charge in [-0.25, -0.2) is 4.98 Å². The predicted molar refractivity (Wildman–Crippen MR) is 91.6 cm³/mol. The molecule has 1 aromatic rings. The summed E-state index contributed by atoms with van der Waals surface area (Å²) in [4.78, 5) is 3.73. The zero-order chi connectivity index (χ0) is 19.2. The third-order valence-corrected chi connectivity index (χ3v) is 4.95. The monoisotopic (exact) mass is 367 g/mol. The van der Waals surface area contributed by atoms with E-state index in [0.717, 1.165) is 17.7 Å². The number of nitrogens with zero attached hydrogens (tertiary/aromatic N) is 1. The number of pyridine rings is 1. The van der Waals surface area contributed by atoms with Gasteiger partial charge in [0.05, 0.1) is 16.8 Å². The Bertz CT molecular complexity index is 710. The van der Waals surface area contributed by atoms with E-state index in [1.54, 1.807) is 0 Å². The smallest absolute Gasteiger partial charge is 0.470 e. The standard InChI is InChI=1S/C18H21BF3NO3/c1-16(2)17(3,4)26-19(25-16)13-6-8-14(9-7-13)24-15-10-5-12(11-23-15)18(20,21)22/h5-8,10-11,14H,9H2,1-4H3. The van der Waals surface area contributed by atoms with E-state index in [9.17, 15) is 13.2 Å². The highest BCUT2D eigenvalue weighted by Gasteiger charge is 2.52. The van der Waals surface area contributed by atoms with Crippen LogP contribution in [0.2, 0.25) is 0 Å². The first kappa shape index (κ1) is 19.0. The number of alkyl halides is 3. The lowest BCUT2D eigenvalue weighted by Crippen LogP contribution is -2.41. The van der Waals surface area contributed by atoms with Gasteiger partial charge in [-0.15, -0.1) is 0 Å². The summed E-state index contributed by atoms with van der Waals surface area (Å²) in [7, 11) is -0.443. The molecule has 1 saturated heterocycles. The number of aromatic nitrogens is 1. The van der Waals surface area contributed by atoms with Crippen LogP contribution in [0.1, 0.15) is 39.7 Å². The minimum Gasteiger partial charge on any atom is -0.470 e. The summed E-state index contributed by atoms with van der Waals surface area (Å²) in [6.07, 6.45) is 2.27. The van der Waals surface area contributed by atoms with Crippen LogP contribution in [-0.2, 0) is 15.5 Å². The molecule has 1 fully saturated rings. The van der Waals surface area contributed by atoms with Crippen LogP contribution in [0.3, 0.4) is 0 Å². The van der Waals surface area contributed by atoms with Crippen molar-refractivity contribution in [2.75, 3.05) is 0 Å². The van der Waals surface area contributed by atoms with Gasteiger partial charge in [0, 0.05) is 18.7 Å². The Balaban J connectivity index is 1.60. The van der Waals surface area contributed by atoms with E-state index in [4.69, 9.17) is 14.0 Å². The van der Waals surface area contributed by atoms with Gasteiger partial charge in [0.1, 0.15) is 6.10 Å². The van der Waals surface area contributed by atoms with Crippen molar-refractivity contribution in [3.63, 3.8) is 0 Å². The average molecular weight is 367 g/mol. The summed E-state index contributed by atoms with van der Waals surface area (Å²) in [5.74, 6) is 0.153. The minimum atomic E-state index is -4.41. The first-order valence-electron chi connectivity index (χ1n) is 8.42. The van der Waals surface area contributed by atoms with E-state index in [0.29, 0.717) is 6.42 Å². The third kappa shape index (κ3) is 3.81. The van der Waals surface area contributed by atoms with E-state index >= 15 is 0 Å². The van der Waals surface area contributed by atoms with Crippen LogP contribution >= 0.6 is 0 Å². The summed E-state index contributed by atoms with van der Waals surface area (Å²) in [6.45, 7) is 7.95. The van der Waals surface area contributed by atoms with E-state index in [2.05, 4.69) is 4.98 Å². The number of halogens is 3. The molecule has 140 valence electrons. The summed E-state index contributed by atoms with van der Waals surface area (Å²) in [6, 6.07) is 2.19. The Hall–Kier alpha value is -1.80. The van der Waals surface area contributed by atoms with Crippen LogP contribution < -0.4 is 4.74 Å². The maximum Gasteiger partial charge on any atom is 0.494 e. The molecule has 4 nitrogen and oxygen atoms in total. The molecular weight excluding hydrogens is 346 g/mol. The van der Waals surface area contributed by atoms with Crippen LogP contribution in [0.4, 0.5) is 13.2 Å². The number of rotatable bonds is 3. The summed E-state index contributed by atoms with van der Waals surface area (Å²) < 4.78 is 55.3. The van der Waals surface area contributed by atoms with Crippen molar-refractivity contribution in [2.45, 2.75) is 57.6 Å². The quantitative estimate of drug-likeness (QED) is 0.745. The summed E-state index contributed by atoms with van der Waals surface area (Å²) in [5.41, 5.74) is -0.718. The summed E-state index contributed by atoms with van der Waals surface area (Å²) in [5, 5.41) is 0. The fraction of sp³-hybridized carbons (Fsp3) is 0.500. The van der Waals surface area contributed by atoms with Crippen LogP contribution in [0, 0.1) is 0 Å². The Kier molecular flexibility index (Phi) is 4.69. The van der Waals surface area contributed by atoms with Gasteiger partial charge in [0.15, 0.2) is 0 Å². The van der Waals surface area contributed by atoms with Crippen molar-refractivity contribution >= 4 is 7.12 Å². The molecule has 2 aliphatic rings. The predicted octanol–water partition coefficient (Wildman–Crippen LogP) is 4.37. The molecule has 0 saturated carbocycles. The van der Waals surface area contributed by atoms with E-state index in [1.807, 2.05) is 45.9 Å². The highest BCUT2D eigenvalue weighted by molar-refractivity contribution is 6.55. The third-order valence-electron chi connectivity index (χ3n) is 4.95. The lowest BCUT2D eigenvalue weighted by atomic mass is 9.75. The molecule has 1 aromatic heterocycles. The van der Waals surface area contributed by atoms with E-state index < -0.39 is 30.1 Å². The van der Waals surface area contributed by atoms with Crippen molar-refractivity contribution in [2.24, 2.45) is 0 Å². The molecule has 1 aliphatic heterocycles. The van der Waals surface area contributed by atoms with Gasteiger partial charge in [0.25, 0.3) is 0 Å². The van der Waals surface area contributed by atoms with Gasteiger partial charge < -0.3 is 14.0 Å². The van der Waals surface area contributed by atoms with Gasteiger partial charge in [-0.1, -0.05) is 12.2 Å². The number of hydrogen-bond acceptors (Lipinski definition) is 4. The molecule has 3 rings (SSSR count).